The molecule has 25 heavy (non-hydrogen) atoms. The number of nitrogens with one attached hydrogen (secondary N) is 1. The fourth-order valence-corrected chi connectivity index (χ4v) is 3.24. The van der Waals surface area contributed by atoms with Crippen LogP contribution >= 0.6 is 0 Å². The molecule has 6 heteroatoms. The molecule has 1 aromatic heterocycles. The van der Waals surface area contributed by atoms with Crippen molar-refractivity contribution >= 4 is 17.5 Å². The number of piperidine rings is 1. The molecule has 3 rings (SSSR count). The molecule has 0 aliphatic carbocycles. The summed E-state index contributed by atoms with van der Waals surface area (Å²) in [6, 6.07) is 9.45. The van der Waals surface area contributed by atoms with Crippen LogP contribution in [-0.2, 0) is 11.3 Å². The van der Waals surface area contributed by atoms with Gasteiger partial charge in [-0.15, -0.1) is 0 Å². The first-order valence-corrected chi connectivity index (χ1v) is 8.49. The second kappa shape index (κ2) is 7.53. The number of primary amides is 1. The first kappa shape index (κ1) is 17.2. The summed E-state index contributed by atoms with van der Waals surface area (Å²) in [5, 5.41) is 2.93. The Morgan fingerprint density at radius 1 is 1.32 bits per heavy atom. The van der Waals surface area contributed by atoms with E-state index in [9.17, 15) is 9.59 Å². The third kappa shape index (κ3) is 4.09. The van der Waals surface area contributed by atoms with E-state index in [-0.39, 0.29) is 17.7 Å². The molecule has 0 spiro atoms. The molecule has 1 aromatic carbocycles. The van der Waals surface area contributed by atoms with Crippen LogP contribution < -0.4 is 11.1 Å². The molecule has 1 atom stereocenters. The summed E-state index contributed by atoms with van der Waals surface area (Å²) in [7, 11) is 0. The Bertz CT molecular complexity index is 769. The van der Waals surface area contributed by atoms with Gasteiger partial charge in [-0.1, -0.05) is 18.2 Å². The lowest BCUT2D eigenvalue weighted by Gasteiger charge is -2.31. The zero-order valence-corrected chi connectivity index (χ0v) is 14.3. The van der Waals surface area contributed by atoms with E-state index in [0.717, 1.165) is 36.2 Å². The van der Waals surface area contributed by atoms with Crippen molar-refractivity contribution in [1.82, 2.24) is 4.90 Å². The quantitative estimate of drug-likeness (QED) is 0.875. The third-order valence-corrected chi connectivity index (χ3v) is 4.64. The van der Waals surface area contributed by atoms with Gasteiger partial charge < -0.3 is 15.5 Å². The van der Waals surface area contributed by atoms with Crippen LogP contribution in [-0.4, -0.2) is 29.8 Å². The standard InChI is InChI=1S/C19H23N3O3/c1-13-8-10-25-17(13)19(24)21-16-7-3-2-5-14(16)11-22-9-4-6-15(12-22)18(20)23/h2-3,5,7-8,10,15H,4,6,9,11-12H2,1H3,(H2,20,23)(H,21,24)/t15-/m0/s1. The highest BCUT2D eigenvalue weighted by molar-refractivity contribution is 6.03. The van der Waals surface area contributed by atoms with Crippen LogP contribution in [0.1, 0.15) is 34.5 Å². The number of rotatable bonds is 5. The van der Waals surface area contributed by atoms with Gasteiger partial charge in [-0.05, 0) is 44.0 Å². The van der Waals surface area contributed by atoms with Crippen molar-refractivity contribution in [3.05, 3.63) is 53.5 Å². The normalized spacial score (nSPS) is 18.0. The highest BCUT2D eigenvalue weighted by Crippen LogP contribution is 2.23. The van der Waals surface area contributed by atoms with Crippen molar-refractivity contribution < 1.29 is 14.0 Å². The fourth-order valence-electron chi connectivity index (χ4n) is 3.24. The molecule has 0 saturated carbocycles. The minimum absolute atomic E-state index is 0.0960. The molecule has 1 fully saturated rings. The summed E-state index contributed by atoms with van der Waals surface area (Å²) in [6.45, 7) is 4.08. The summed E-state index contributed by atoms with van der Waals surface area (Å²) in [5.74, 6) is -0.272. The maximum Gasteiger partial charge on any atom is 0.291 e. The number of para-hydroxylation sites is 1. The highest BCUT2D eigenvalue weighted by Gasteiger charge is 2.24. The maximum absolute atomic E-state index is 12.4. The lowest BCUT2D eigenvalue weighted by Crippen LogP contribution is -2.40. The monoisotopic (exact) mass is 341 g/mol. The van der Waals surface area contributed by atoms with Crippen LogP contribution in [0.2, 0.25) is 0 Å². The Labute approximate surface area is 147 Å². The summed E-state index contributed by atoms with van der Waals surface area (Å²) < 4.78 is 5.25. The largest absolute Gasteiger partial charge is 0.459 e. The van der Waals surface area contributed by atoms with E-state index >= 15 is 0 Å². The molecule has 2 aromatic rings. The number of anilines is 1. The molecule has 2 heterocycles. The second-order valence-electron chi connectivity index (χ2n) is 6.52. The van der Waals surface area contributed by atoms with Crippen molar-refractivity contribution in [2.45, 2.75) is 26.3 Å². The van der Waals surface area contributed by atoms with Gasteiger partial charge in [-0.3, -0.25) is 14.5 Å². The van der Waals surface area contributed by atoms with Crippen molar-refractivity contribution in [3.63, 3.8) is 0 Å². The highest BCUT2D eigenvalue weighted by atomic mass is 16.3. The van der Waals surface area contributed by atoms with Crippen LogP contribution in [0.3, 0.4) is 0 Å². The Morgan fingerprint density at radius 3 is 2.84 bits per heavy atom. The molecule has 1 saturated heterocycles. The number of benzene rings is 1. The van der Waals surface area contributed by atoms with Gasteiger partial charge in [0.05, 0.1) is 12.2 Å². The van der Waals surface area contributed by atoms with E-state index in [1.54, 1.807) is 6.07 Å². The van der Waals surface area contributed by atoms with E-state index in [2.05, 4.69) is 10.2 Å². The molecule has 6 nitrogen and oxygen atoms in total. The van der Waals surface area contributed by atoms with Crippen molar-refractivity contribution in [2.24, 2.45) is 11.7 Å². The molecule has 1 aliphatic heterocycles. The topological polar surface area (TPSA) is 88.6 Å². The minimum atomic E-state index is -0.261. The summed E-state index contributed by atoms with van der Waals surface area (Å²) in [5.41, 5.74) is 8.01. The average Bonchev–Trinajstić information content (AvgIpc) is 3.03. The van der Waals surface area contributed by atoms with Crippen LogP contribution in [0.15, 0.2) is 41.0 Å². The minimum Gasteiger partial charge on any atom is -0.459 e. The summed E-state index contributed by atoms with van der Waals surface area (Å²) in [6.07, 6.45) is 3.31. The van der Waals surface area contributed by atoms with Gasteiger partial charge in [0.15, 0.2) is 5.76 Å². The molecule has 0 unspecified atom stereocenters. The molecule has 132 valence electrons. The Balaban J connectivity index is 1.72. The van der Waals surface area contributed by atoms with E-state index in [1.807, 2.05) is 31.2 Å². The predicted molar refractivity (Wildman–Crippen MR) is 95.0 cm³/mol. The van der Waals surface area contributed by atoms with Gasteiger partial charge >= 0.3 is 0 Å². The summed E-state index contributed by atoms with van der Waals surface area (Å²) in [4.78, 5) is 26.1. The van der Waals surface area contributed by atoms with E-state index < -0.39 is 0 Å². The van der Waals surface area contributed by atoms with Gasteiger partial charge in [0, 0.05) is 24.3 Å². The zero-order valence-electron chi connectivity index (χ0n) is 14.3. The van der Waals surface area contributed by atoms with Crippen molar-refractivity contribution in [3.8, 4) is 0 Å². The predicted octanol–water partition coefficient (Wildman–Crippen LogP) is 2.54. The Kier molecular flexibility index (Phi) is 5.19. The average molecular weight is 341 g/mol. The number of hydrogen-bond acceptors (Lipinski definition) is 4. The lowest BCUT2D eigenvalue weighted by molar-refractivity contribution is -0.123. The number of hydrogen-bond donors (Lipinski definition) is 2. The smallest absolute Gasteiger partial charge is 0.291 e. The fraction of sp³-hybridized carbons (Fsp3) is 0.368. The number of nitrogens with two attached hydrogens (primary N) is 1. The molecule has 0 radical (unpaired) electrons. The number of carbonyl (C=O) groups is 2. The number of furan rings is 1. The van der Waals surface area contributed by atoms with Gasteiger partial charge in [0.25, 0.3) is 5.91 Å². The van der Waals surface area contributed by atoms with Crippen LogP contribution in [0.25, 0.3) is 0 Å². The van der Waals surface area contributed by atoms with Crippen LogP contribution in [0, 0.1) is 12.8 Å². The van der Waals surface area contributed by atoms with E-state index in [0.29, 0.717) is 18.8 Å². The lowest BCUT2D eigenvalue weighted by atomic mass is 9.97. The first-order valence-electron chi connectivity index (χ1n) is 8.49. The SMILES string of the molecule is Cc1ccoc1C(=O)Nc1ccccc1CN1CCC[C@H](C(N)=O)C1. The van der Waals surface area contributed by atoms with Crippen molar-refractivity contribution in [2.75, 3.05) is 18.4 Å². The second-order valence-corrected chi connectivity index (χ2v) is 6.52. The maximum atomic E-state index is 12.4. The first-order chi connectivity index (χ1) is 12.0. The van der Waals surface area contributed by atoms with Gasteiger partial charge in [0.2, 0.25) is 5.91 Å². The van der Waals surface area contributed by atoms with Gasteiger partial charge in [0.1, 0.15) is 0 Å². The molecular weight excluding hydrogens is 318 g/mol. The Hall–Kier alpha value is -2.60. The number of aryl methyl sites for hydroxylation is 1. The molecule has 0 bridgehead atoms. The molecule has 3 N–H and O–H groups in total. The van der Waals surface area contributed by atoms with E-state index in [4.69, 9.17) is 10.2 Å². The van der Waals surface area contributed by atoms with Crippen molar-refractivity contribution in [1.29, 1.82) is 0 Å². The molecular formula is C19H23N3O3. The van der Waals surface area contributed by atoms with Gasteiger partial charge in [-0.2, -0.15) is 0 Å². The summed E-state index contributed by atoms with van der Waals surface area (Å²) >= 11 is 0. The number of likely N-dealkylation sites (tertiary alicyclic amines) is 1. The Morgan fingerprint density at radius 2 is 2.12 bits per heavy atom. The number of amides is 2. The van der Waals surface area contributed by atoms with Gasteiger partial charge in [-0.25, -0.2) is 0 Å². The molecule has 2 amide bonds. The van der Waals surface area contributed by atoms with Crippen LogP contribution in [0.5, 0.6) is 0 Å². The zero-order chi connectivity index (χ0) is 17.8. The number of nitrogens with zero attached hydrogens (tertiary/aromatic N) is 1. The third-order valence-electron chi connectivity index (χ3n) is 4.64. The van der Waals surface area contributed by atoms with Crippen LogP contribution in [0.4, 0.5) is 5.69 Å². The van der Waals surface area contributed by atoms with E-state index in [1.165, 1.54) is 6.26 Å². The number of carbonyl (C=O) groups excluding carboxylic acids is 2. The molecule has 1 aliphatic rings.